The standard InChI is InChI=1S/C24H25N9O3/c25-22-20-21(15-6-8-16(9-7-15)24(35)29-18-5-1-2-10-26-18)30-33(23(20)28-14-27-22)17-4-3-11-32(12-17)13-19(34)31-36/h1-2,5-10,14,17,36H,3-4,11-13H2,(H,31,34)(H2,25,27,28)(H,26,29,35). The van der Waals surface area contributed by atoms with Crippen LogP contribution < -0.4 is 16.5 Å². The van der Waals surface area contributed by atoms with E-state index in [4.69, 9.17) is 16.0 Å². The number of fused-ring (bicyclic) bond motifs is 1. The Morgan fingerprint density at radius 2 is 1.94 bits per heavy atom. The Bertz CT molecular complexity index is 1390. The van der Waals surface area contributed by atoms with Crippen LogP contribution in [0, 0.1) is 0 Å². The molecule has 0 aliphatic carbocycles. The van der Waals surface area contributed by atoms with Crippen molar-refractivity contribution in [1.29, 1.82) is 0 Å². The minimum Gasteiger partial charge on any atom is -0.383 e. The fourth-order valence-electron chi connectivity index (χ4n) is 4.47. The van der Waals surface area contributed by atoms with E-state index in [1.165, 1.54) is 6.33 Å². The van der Waals surface area contributed by atoms with Crippen molar-refractivity contribution in [2.45, 2.75) is 18.9 Å². The lowest BCUT2D eigenvalue weighted by molar-refractivity contribution is -0.130. The van der Waals surface area contributed by atoms with Crippen LogP contribution in [0.5, 0.6) is 0 Å². The molecule has 1 aliphatic heterocycles. The van der Waals surface area contributed by atoms with Gasteiger partial charge in [-0.3, -0.25) is 19.7 Å². The molecule has 1 aliphatic rings. The molecule has 12 heteroatoms. The Morgan fingerprint density at radius 1 is 1.11 bits per heavy atom. The highest BCUT2D eigenvalue weighted by atomic mass is 16.5. The molecule has 3 aromatic heterocycles. The number of amides is 2. The first-order valence-corrected chi connectivity index (χ1v) is 11.5. The second-order valence-corrected chi connectivity index (χ2v) is 8.56. The topological polar surface area (TPSA) is 164 Å². The van der Waals surface area contributed by atoms with Gasteiger partial charge in [0, 0.05) is 23.9 Å². The summed E-state index contributed by atoms with van der Waals surface area (Å²) in [6.45, 7) is 1.41. The van der Waals surface area contributed by atoms with Crippen molar-refractivity contribution < 1.29 is 14.8 Å². The van der Waals surface area contributed by atoms with Gasteiger partial charge in [-0.1, -0.05) is 18.2 Å². The average Bonchev–Trinajstić information content (AvgIpc) is 3.30. The van der Waals surface area contributed by atoms with Gasteiger partial charge in [0.25, 0.3) is 11.8 Å². The normalized spacial score (nSPS) is 16.1. The molecule has 0 spiro atoms. The number of pyridine rings is 1. The number of nitrogens with two attached hydrogens (primary N) is 1. The van der Waals surface area contributed by atoms with Crippen molar-refractivity contribution in [2.75, 3.05) is 30.7 Å². The number of nitrogen functional groups attached to an aromatic ring is 1. The van der Waals surface area contributed by atoms with Gasteiger partial charge in [-0.15, -0.1) is 0 Å². The number of nitrogens with one attached hydrogen (secondary N) is 2. The van der Waals surface area contributed by atoms with Crippen molar-refractivity contribution in [3.8, 4) is 11.3 Å². The Hall–Kier alpha value is -4.42. The number of nitrogens with zero attached hydrogens (tertiary/aromatic N) is 6. The Morgan fingerprint density at radius 3 is 2.69 bits per heavy atom. The van der Waals surface area contributed by atoms with Crippen LogP contribution in [0.1, 0.15) is 29.2 Å². The van der Waals surface area contributed by atoms with Crippen LogP contribution in [0.2, 0.25) is 0 Å². The van der Waals surface area contributed by atoms with E-state index in [2.05, 4.69) is 20.3 Å². The van der Waals surface area contributed by atoms with E-state index < -0.39 is 5.91 Å². The van der Waals surface area contributed by atoms with Gasteiger partial charge in [0.1, 0.15) is 23.7 Å². The van der Waals surface area contributed by atoms with E-state index in [0.717, 1.165) is 24.9 Å². The highest BCUT2D eigenvalue weighted by molar-refractivity contribution is 6.04. The smallest absolute Gasteiger partial charge is 0.257 e. The third-order valence-corrected chi connectivity index (χ3v) is 6.16. The van der Waals surface area contributed by atoms with Gasteiger partial charge in [-0.25, -0.2) is 25.1 Å². The third-order valence-electron chi connectivity index (χ3n) is 6.16. The van der Waals surface area contributed by atoms with Gasteiger partial charge in [-0.2, -0.15) is 5.10 Å². The molecule has 1 saturated heterocycles. The number of hydroxylamine groups is 1. The zero-order valence-corrected chi connectivity index (χ0v) is 19.3. The summed E-state index contributed by atoms with van der Waals surface area (Å²) in [6.07, 6.45) is 4.73. The molecule has 184 valence electrons. The van der Waals surface area contributed by atoms with Gasteiger partial charge in [-0.05, 0) is 43.7 Å². The number of likely N-dealkylation sites (tertiary alicyclic amines) is 1. The summed E-state index contributed by atoms with van der Waals surface area (Å²) in [7, 11) is 0. The SMILES string of the molecule is Nc1ncnc2c1c(-c1ccc(C(=O)Nc3ccccn3)cc1)nn2C1CCCN(CC(=O)NO)C1. The van der Waals surface area contributed by atoms with Crippen LogP contribution in [-0.4, -0.2) is 66.3 Å². The Balaban J connectivity index is 1.44. The predicted octanol–water partition coefficient (Wildman–Crippen LogP) is 1.87. The van der Waals surface area contributed by atoms with Gasteiger partial charge < -0.3 is 11.1 Å². The maximum atomic E-state index is 12.6. The molecule has 0 saturated carbocycles. The zero-order chi connectivity index (χ0) is 25.1. The van der Waals surface area contributed by atoms with E-state index in [1.807, 2.05) is 21.7 Å². The van der Waals surface area contributed by atoms with Crippen LogP contribution in [0.25, 0.3) is 22.3 Å². The number of hydrogen-bond donors (Lipinski definition) is 4. The maximum Gasteiger partial charge on any atom is 0.257 e. The fourth-order valence-corrected chi connectivity index (χ4v) is 4.47. The molecule has 1 unspecified atom stereocenters. The van der Waals surface area contributed by atoms with Crippen molar-refractivity contribution in [1.82, 2.24) is 35.1 Å². The number of anilines is 2. The molecular formula is C24H25N9O3. The lowest BCUT2D eigenvalue weighted by Crippen LogP contribution is -2.42. The molecule has 5 rings (SSSR count). The summed E-state index contributed by atoms with van der Waals surface area (Å²) in [5.74, 6) is 0.0536. The molecule has 1 atom stereocenters. The average molecular weight is 488 g/mol. The highest BCUT2D eigenvalue weighted by Crippen LogP contribution is 2.33. The van der Waals surface area contributed by atoms with Crippen LogP contribution in [0.3, 0.4) is 0 Å². The quantitative estimate of drug-likeness (QED) is 0.235. The van der Waals surface area contributed by atoms with E-state index in [1.54, 1.807) is 42.0 Å². The number of piperidine rings is 1. The first-order valence-electron chi connectivity index (χ1n) is 11.5. The number of carbonyl (C=O) groups is 2. The van der Waals surface area contributed by atoms with E-state index in [9.17, 15) is 9.59 Å². The number of benzene rings is 1. The van der Waals surface area contributed by atoms with Crippen molar-refractivity contribution in [3.05, 3.63) is 60.6 Å². The number of rotatable bonds is 6. The molecule has 2 amide bonds. The summed E-state index contributed by atoms with van der Waals surface area (Å²) in [6, 6.07) is 12.3. The van der Waals surface area contributed by atoms with Gasteiger partial charge in [0.2, 0.25) is 0 Å². The van der Waals surface area contributed by atoms with Gasteiger partial charge in [0.15, 0.2) is 5.65 Å². The first kappa shape index (κ1) is 23.3. The Labute approximate surface area is 206 Å². The summed E-state index contributed by atoms with van der Waals surface area (Å²) < 4.78 is 1.84. The largest absolute Gasteiger partial charge is 0.383 e. The molecule has 0 radical (unpaired) electrons. The molecule has 5 N–H and O–H groups in total. The second-order valence-electron chi connectivity index (χ2n) is 8.56. The monoisotopic (exact) mass is 487 g/mol. The van der Waals surface area contributed by atoms with E-state index in [-0.39, 0.29) is 18.5 Å². The first-order chi connectivity index (χ1) is 17.5. The molecule has 1 aromatic carbocycles. The molecule has 0 bridgehead atoms. The van der Waals surface area contributed by atoms with Gasteiger partial charge >= 0.3 is 0 Å². The lowest BCUT2D eigenvalue weighted by Gasteiger charge is -2.32. The van der Waals surface area contributed by atoms with Crippen LogP contribution >= 0.6 is 0 Å². The van der Waals surface area contributed by atoms with Crippen LogP contribution in [0.4, 0.5) is 11.6 Å². The van der Waals surface area contributed by atoms with E-state index >= 15 is 0 Å². The molecule has 1 fully saturated rings. The minimum absolute atomic E-state index is 0.0424. The maximum absolute atomic E-state index is 12.6. The lowest BCUT2D eigenvalue weighted by atomic mass is 10.1. The predicted molar refractivity (Wildman–Crippen MR) is 132 cm³/mol. The molecule has 36 heavy (non-hydrogen) atoms. The third kappa shape index (κ3) is 4.72. The summed E-state index contributed by atoms with van der Waals surface area (Å²) in [5.41, 5.74) is 10.4. The van der Waals surface area contributed by atoms with Crippen molar-refractivity contribution in [3.63, 3.8) is 0 Å². The zero-order valence-electron chi connectivity index (χ0n) is 19.3. The second kappa shape index (κ2) is 10.1. The summed E-state index contributed by atoms with van der Waals surface area (Å²) >= 11 is 0. The van der Waals surface area contributed by atoms with Crippen molar-refractivity contribution >= 4 is 34.5 Å². The van der Waals surface area contributed by atoms with Gasteiger partial charge in [0.05, 0.1) is 18.0 Å². The highest BCUT2D eigenvalue weighted by Gasteiger charge is 2.27. The van der Waals surface area contributed by atoms with Crippen molar-refractivity contribution in [2.24, 2.45) is 0 Å². The van der Waals surface area contributed by atoms with Crippen LogP contribution in [0.15, 0.2) is 55.0 Å². The molecule has 4 heterocycles. The Kier molecular flexibility index (Phi) is 6.52. The fraction of sp³-hybridized carbons (Fsp3) is 0.250. The summed E-state index contributed by atoms with van der Waals surface area (Å²) in [5, 5.41) is 17.1. The number of carbonyl (C=O) groups excluding carboxylic acids is 2. The van der Waals surface area contributed by atoms with E-state index in [0.29, 0.717) is 40.5 Å². The molecule has 12 nitrogen and oxygen atoms in total. The number of aromatic nitrogens is 5. The minimum atomic E-state index is -0.458. The summed E-state index contributed by atoms with van der Waals surface area (Å²) in [4.78, 5) is 39.0. The van der Waals surface area contributed by atoms with Crippen LogP contribution in [-0.2, 0) is 4.79 Å². The molecule has 4 aromatic rings. The molecular weight excluding hydrogens is 462 g/mol. The number of hydrogen-bond acceptors (Lipinski definition) is 9.